The first-order valence-electron chi connectivity index (χ1n) is 8.59. The van der Waals surface area contributed by atoms with Gasteiger partial charge in [-0.15, -0.1) is 0 Å². The standard InChI is InChI=1S/C20H22F3N/c1-2-14-3-5-15(6-4-14)16-7-9-17(10-8-16)18-11-12-19(24-13-18)20(21,22)23/h3-6,11-13,16-17H,2,7-10H2,1H3/t16-,17-. The molecule has 1 aliphatic carbocycles. The lowest BCUT2D eigenvalue weighted by Gasteiger charge is -2.29. The van der Waals surface area contributed by atoms with Gasteiger partial charge in [-0.1, -0.05) is 37.3 Å². The summed E-state index contributed by atoms with van der Waals surface area (Å²) in [5.74, 6) is 0.889. The van der Waals surface area contributed by atoms with Gasteiger partial charge in [-0.3, -0.25) is 4.98 Å². The van der Waals surface area contributed by atoms with Crippen LogP contribution in [0.3, 0.4) is 0 Å². The van der Waals surface area contributed by atoms with E-state index in [4.69, 9.17) is 0 Å². The number of rotatable bonds is 3. The third-order valence-electron chi connectivity index (χ3n) is 5.13. The van der Waals surface area contributed by atoms with Crippen molar-refractivity contribution in [2.24, 2.45) is 0 Å². The van der Waals surface area contributed by atoms with Crippen LogP contribution >= 0.6 is 0 Å². The van der Waals surface area contributed by atoms with Crippen molar-refractivity contribution in [3.63, 3.8) is 0 Å². The Hall–Kier alpha value is -1.84. The van der Waals surface area contributed by atoms with Crippen LogP contribution in [0.2, 0.25) is 0 Å². The smallest absolute Gasteiger partial charge is 0.251 e. The zero-order valence-electron chi connectivity index (χ0n) is 13.8. The van der Waals surface area contributed by atoms with E-state index in [9.17, 15) is 13.2 Å². The van der Waals surface area contributed by atoms with E-state index in [1.807, 2.05) is 0 Å². The van der Waals surface area contributed by atoms with Crippen LogP contribution in [-0.4, -0.2) is 4.98 Å². The summed E-state index contributed by atoms with van der Waals surface area (Å²) < 4.78 is 37.8. The minimum atomic E-state index is -4.36. The molecular formula is C20H22F3N. The predicted octanol–water partition coefficient (Wildman–Crippen LogP) is 6.10. The summed E-state index contributed by atoms with van der Waals surface area (Å²) in [5, 5.41) is 0. The zero-order chi connectivity index (χ0) is 17.2. The molecule has 4 heteroatoms. The minimum Gasteiger partial charge on any atom is -0.251 e. The Kier molecular flexibility index (Phi) is 4.93. The van der Waals surface area contributed by atoms with Gasteiger partial charge in [0.15, 0.2) is 0 Å². The van der Waals surface area contributed by atoms with E-state index in [1.54, 1.807) is 6.07 Å². The number of pyridine rings is 1. The number of aryl methyl sites for hydroxylation is 1. The maximum atomic E-state index is 12.6. The van der Waals surface area contributed by atoms with Gasteiger partial charge >= 0.3 is 6.18 Å². The van der Waals surface area contributed by atoms with Crippen molar-refractivity contribution in [3.8, 4) is 0 Å². The number of hydrogen-bond acceptors (Lipinski definition) is 1. The fourth-order valence-electron chi connectivity index (χ4n) is 3.60. The molecule has 1 fully saturated rings. The van der Waals surface area contributed by atoms with Crippen LogP contribution in [0.25, 0.3) is 0 Å². The number of hydrogen-bond donors (Lipinski definition) is 0. The Morgan fingerprint density at radius 3 is 1.88 bits per heavy atom. The maximum absolute atomic E-state index is 12.6. The van der Waals surface area contributed by atoms with E-state index in [0.717, 1.165) is 43.7 Å². The molecule has 128 valence electrons. The van der Waals surface area contributed by atoms with Gasteiger partial charge in [-0.05, 0) is 66.7 Å². The van der Waals surface area contributed by atoms with Crippen LogP contribution in [0.15, 0.2) is 42.6 Å². The van der Waals surface area contributed by atoms with Gasteiger partial charge in [-0.25, -0.2) is 0 Å². The van der Waals surface area contributed by atoms with Gasteiger partial charge in [0.25, 0.3) is 0 Å². The highest BCUT2D eigenvalue weighted by atomic mass is 19.4. The molecule has 0 amide bonds. The molecule has 1 aromatic carbocycles. The first-order chi connectivity index (χ1) is 11.5. The molecule has 2 aromatic rings. The van der Waals surface area contributed by atoms with E-state index in [0.29, 0.717) is 11.8 Å². The monoisotopic (exact) mass is 333 g/mol. The Balaban J connectivity index is 1.62. The summed E-state index contributed by atoms with van der Waals surface area (Å²) in [7, 11) is 0. The van der Waals surface area contributed by atoms with Gasteiger partial charge < -0.3 is 0 Å². The van der Waals surface area contributed by atoms with E-state index in [2.05, 4.69) is 36.2 Å². The average molecular weight is 333 g/mol. The second-order valence-corrected chi connectivity index (χ2v) is 6.62. The molecule has 0 saturated heterocycles. The molecule has 0 atom stereocenters. The van der Waals surface area contributed by atoms with Crippen LogP contribution in [0.1, 0.15) is 66.8 Å². The topological polar surface area (TPSA) is 12.9 Å². The van der Waals surface area contributed by atoms with E-state index in [-0.39, 0.29) is 0 Å². The lowest BCUT2D eigenvalue weighted by Crippen LogP contribution is -2.13. The van der Waals surface area contributed by atoms with Crippen molar-refractivity contribution in [1.29, 1.82) is 0 Å². The Morgan fingerprint density at radius 2 is 1.42 bits per heavy atom. The highest BCUT2D eigenvalue weighted by molar-refractivity contribution is 5.27. The lowest BCUT2D eigenvalue weighted by molar-refractivity contribution is -0.141. The quantitative estimate of drug-likeness (QED) is 0.661. The van der Waals surface area contributed by atoms with Gasteiger partial charge in [0.1, 0.15) is 5.69 Å². The number of nitrogens with zero attached hydrogens (tertiary/aromatic N) is 1. The third kappa shape index (κ3) is 3.80. The Bertz CT molecular complexity index is 651. The van der Waals surface area contributed by atoms with E-state index < -0.39 is 11.9 Å². The molecule has 0 radical (unpaired) electrons. The van der Waals surface area contributed by atoms with Gasteiger partial charge in [0.05, 0.1) is 0 Å². The Morgan fingerprint density at radius 1 is 0.875 bits per heavy atom. The summed E-state index contributed by atoms with van der Waals surface area (Å²) in [4.78, 5) is 3.60. The van der Waals surface area contributed by atoms with Crippen molar-refractivity contribution in [1.82, 2.24) is 4.98 Å². The normalized spacial score (nSPS) is 21.7. The summed E-state index contributed by atoms with van der Waals surface area (Å²) in [6.45, 7) is 2.15. The first-order valence-corrected chi connectivity index (χ1v) is 8.59. The van der Waals surface area contributed by atoms with Crippen LogP contribution in [0.4, 0.5) is 13.2 Å². The molecule has 0 spiro atoms. The van der Waals surface area contributed by atoms with Crippen LogP contribution in [-0.2, 0) is 12.6 Å². The fourth-order valence-corrected chi connectivity index (χ4v) is 3.60. The second-order valence-electron chi connectivity index (χ2n) is 6.62. The number of benzene rings is 1. The summed E-state index contributed by atoms with van der Waals surface area (Å²) in [6, 6.07) is 11.5. The minimum absolute atomic E-state index is 0.325. The van der Waals surface area contributed by atoms with Crippen molar-refractivity contribution in [2.45, 2.75) is 57.0 Å². The molecule has 1 aromatic heterocycles. The molecular weight excluding hydrogens is 311 g/mol. The van der Waals surface area contributed by atoms with Gasteiger partial charge in [0.2, 0.25) is 0 Å². The van der Waals surface area contributed by atoms with Crippen molar-refractivity contribution in [3.05, 3.63) is 65.0 Å². The maximum Gasteiger partial charge on any atom is 0.433 e. The molecule has 0 bridgehead atoms. The molecule has 0 N–H and O–H groups in total. The number of halogens is 3. The zero-order valence-corrected chi connectivity index (χ0v) is 13.8. The van der Waals surface area contributed by atoms with Gasteiger partial charge in [0, 0.05) is 6.20 Å². The molecule has 1 heterocycles. The molecule has 1 saturated carbocycles. The summed E-state index contributed by atoms with van der Waals surface area (Å²) in [5.41, 5.74) is 2.86. The van der Waals surface area contributed by atoms with E-state index in [1.165, 1.54) is 17.3 Å². The van der Waals surface area contributed by atoms with Gasteiger partial charge in [-0.2, -0.15) is 13.2 Å². The number of alkyl halides is 3. The molecule has 0 aliphatic heterocycles. The highest BCUT2D eigenvalue weighted by Crippen LogP contribution is 2.40. The molecule has 0 unspecified atom stereocenters. The molecule has 1 nitrogen and oxygen atoms in total. The summed E-state index contributed by atoms with van der Waals surface area (Å²) >= 11 is 0. The van der Waals surface area contributed by atoms with Crippen LogP contribution < -0.4 is 0 Å². The SMILES string of the molecule is CCc1ccc([C@H]2CC[C@H](c3ccc(C(F)(F)F)nc3)CC2)cc1. The average Bonchev–Trinajstić information content (AvgIpc) is 2.61. The lowest BCUT2D eigenvalue weighted by atomic mass is 9.76. The van der Waals surface area contributed by atoms with Crippen LogP contribution in [0.5, 0.6) is 0 Å². The molecule has 3 rings (SSSR count). The first kappa shape index (κ1) is 17.0. The highest BCUT2D eigenvalue weighted by Gasteiger charge is 2.32. The van der Waals surface area contributed by atoms with Crippen molar-refractivity contribution >= 4 is 0 Å². The second kappa shape index (κ2) is 6.96. The predicted molar refractivity (Wildman–Crippen MR) is 89.0 cm³/mol. The fraction of sp³-hybridized carbons (Fsp3) is 0.450. The summed E-state index contributed by atoms with van der Waals surface area (Å²) in [6.07, 6.45) is 2.27. The van der Waals surface area contributed by atoms with Crippen molar-refractivity contribution < 1.29 is 13.2 Å². The van der Waals surface area contributed by atoms with E-state index >= 15 is 0 Å². The number of aromatic nitrogens is 1. The van der Waals surface area contributed by atoms with Crippen molar-refractivity contribution in [2.75, 3.05) is 0 Å². The third-order valence-corrected chi connectivity index (χ3v) is 5.13. The van der Waals surface area contributed by atoms with Crippen LogP contribution in [0, 0.1) is 0 Å². The molecule has 1 aliphatic rings. The Labute approximate surface area is 140 Å². The molecule has 24 heavy (non-hydrogen) atoms. The largest absolute Gasteiger partial charge is 0.433 e.